The van der Waals surface area contributed by atoms with E-state index < -0.39 is 0 Å². The number of nitrogens with one attached hydrogen (secondary N) is 1. The summed E-state index contributed by atoms with van der Waals surface area (Å²) in [5.41, 5.74) is 2.59. The van der Waals surface area contributed by atoms with Crippen molar-refractivity contribution in [2.45, 2.75) is 58.7 Å². The Morgan fingerprint density at radius 3 is 2.87 bits per heavy atom. The van der Waals surface area contributed by atoms with Crippen molar-refractivity contribution in [2.75, 3.05) is 0 Å². The molecule has 9 heteroatoms. The molecule has 5 rings (SSSR count). The van der Waals surface area contributed by atoms with Crippen LogP contribution in [0.2, 0.25) is 0 Å². The topological polar surface area (TPSA) is 108 Å². The van der Waals surface area contributed by atoms with E-state index in [1.54, 1.807) is 4.57 Å². The second-order valence-electron chi connectivity index (χ2n) is 8.52. The van der Waals surface area contributed by atoms with E-state index in [9.17, 15) is 9.59 Å². The number of nitrogens with zero attached hydrogens (tertiary/aromatic N) is 5. The van der Waals surface area contributed by atoms with E-state index in [-0.39, 0.29) is 30.6 Å². The zero-order chi connectivity index (χ0) is 21.7. The van der Waals surface area contributed by atoms with Gasteiger partial charge in [-0.1, -0.05) is 16.8 Å². The lowest BCUT2D eigenvalue weighted by molar-refractivity contribution is -0.122. The summed E-state index contributed by atoms with van der Waals surface area (Å²) < 4.78 is 8.53. The Balaban J connectivity index is 1.62. The van der Waals surface area contributed by atoms with Gasteiger partial charge in [-0.15, -0.1) is 0 Å². The molecule has 1 aliphatic carbocycles. The fourth-order valence-electron chi connectivity index (χ4n) is 3.89. The van der Waals surface area contributed by atoms with Gasteiger partial charge >= 0.3 is 0 Å². The van der Waals surface area contributed by atoms with Crippen LogP contribution in [0.5, 0.6) is 0 Å². The Morgan fingerprint density at radius 2 is 2.13 bits per heavy atom. The number of amides is 1. The van der Waals surface area contributed by atoms with Crippen LogP contribution in [0, 0.1) is 6.92 Å². The molecule has 0 spiro atoms. The van der Waals surface area contributed by atoms with Crippen LogP contribution in [0.25, 0.3) is 21.9 Å². The molecule has 31 heavy (non-hydrogen) atoms. The Kier molecular flexibility index (Phi) is 4.60. The maximum atomic E-state index is 13.4. The van der Waals surface area contributed by atoms with E-state index in [0.29, 0.717) is 28.7 Å². The molecule has 1 N–H and O–H groups in total. The van der Waals surface area contributed by atoms with Crippen LogP contribution in [0.4, 0.5) is 0 Å². The predicted octanol–water partition coefficient (Wildman–Crippen LogP) is 2.49. The molecule has 1 aromatic carbocycles. The lowest BCUT2D eigenvalue weighted by Gasteiger charge is -2.11. The summed E-state index contributed by atoms with van der Waals surface area (Å²) >= 11 is 0. The molecule has 4 aromatic rings. The Morgan fingerprint density at radius 1 is 1.32 bits per heavy atom. The average molecular weight is 420 g/mol. The molecule has 1 saturated carbocycles. The van der Waals surface area contributed by atoms with Crippen molar-refractivity contribution >= 4 is 27.8 Å². The molecule has 3 heterocycles. The standard InChI is InChI=1S/C22H24N6O3/c1-12(2)24-17(29)9-28-16-7-4-13(3)8-15(16)19-20(28)22(30)27(11-23-19)10-18-25-21(26-31-18)14-5-6-14/h4,7-8,11-12,14H,5-6,9-10H2,1-3H3,(H,24,29). The maximum Gasteiger partial charge on any atom is 0.278 e. The number of fused-ring (bicyclic) bond motifs is 3. The third kappa shape index (κ3) is 3.60. The monoisotopic (exact) mass is 420 g/mol. The lowest BCUT2D eigenvalue weighted by atomic mass is 10.1. The van der Waals surface area contributed by atoms with Crippen molar-refractivity contribution in [1.82, 2.24) is 29.6 Å². The Hall–Kier alpha value is -3.49. The molecular weight excluding hydrogens is 396 g/mol. The second kappa shape index (κ2) is 7.33. The Labute approximate surface area is 178 Å². The number of rotatable bonds is 6. The van der Waals surface area contributed by atoms with Crippen molar-refractivity contribution < 1.29 is 9.32 Å². The van der Waals surface area contributed by atoms with Crippen LogP contribution in [0.1, 0.15) is 49.9 Å². The van der Waals surface area contributed by atoms with Gasteiger partial charge in [-0.05, 0) is 45.7 Å². The van der Waals surface area contributed by atoms with Gasteiger partial charge in [-0.2, -0.15) is 4.98 Å². The minimum atomic E-state index is -0.248. The number of aromatic nitrogens is 5. The summed E-state index contributed by atoms with van der Waals surface area (Å²) in [5.74, 6) is 1.29. The van der Waals surface area contributed by atoms with Crippen molar-refractivity contribution in [3.05, 3.63) is 52.2 Å². The fourth-order valence-corrected chi connectivity index (χ4v) is 3.89. The summed E-state index contributed by atoms with van der Waals surface area (Å²) in [6, 6.07) is 5.90. The van der Waals surface area contributed by atoms with Crippen molar-refractivity contribution in [2.24, 2.45) is 0 Å². The van der Waals surface area contributed by atoms with Crippen LogP contribution >= 0.6 is 0 Å². The van der Waals surface area contributed by atoms with Gasteiger partial charge in [-0.25, -0.2) is 4.98 Å². The lowest BCUT2D eigenvalue weighted by Crippen LogP contribution is -2.34. The number of benzene rings is 1. The third-order valence-corrected chi connectivity index (χ3v) is 5.47. The smallest absolute Gasteiger partial charge is 0.278 e. The van der Waals surface area contributed by atoms with Gasteiger partial charge in [0.2, 0.25) is 11.8 Å². The highest BCUT2D eigenvalue weighted by Gasteiger charge is 2.29. The zero-order valence-electron chi connectivity index (χ0n) is 17.8. The normalized spacial score (nSPS) is 14.1. The maximum absolute atomic E-state index is 13.4. The van der Waals surface area contributed by atoms with Crippen LogP contribution in [0.15, 0.2) is 33.8 Å². The van der Waals surface area contributed by atoms with Gasteiger partial charge in [0, 0.05) is 17.3 Å². The number of aryl methyl sites for hydroxylation is 1. The molecule has 1 fully saturated rings. The van der Waals surface area contributed by atoms with E-state index in [1.165, 1.54) is 10.9 Å². The largest absolute Gasteiger partial charge is 0.352 e. The first-order valence-corrected chi connectivity index (χ1v) is 10.5. The molecule has 9 nitrogen and oxygen atoms in total. The predicted molar refractivity (Wildman–Crippen MR) is 115 cm³/mol. The van der Waals surface area contributed by atoms with E-state index in [0.717, 1.165) is 29.3 Å². The summed E-state index contributed by atoms with van der Waals surface area (Å²) in [4.78, 5) is 35.0. The SMILES string of the molecule is Cc1ccc2c(c1)c1ncn(Cc3nc(C4CC4)no3)c(=O)c1n2CC(=O)NC(C)C. The first-order valence-electron chi connectivity index (χ1n) is 10.5. The van der Waals surface area contributed by atoms with E-state index >= 15 is 0 Å². The van der Waals surface area contributed by atoms with Gasteiger partial charge in [0.05, 0.1) is 11.8 Å². The minimum Gasteiger partial charge on any atom is -0.352 e. The van der Waals surface area contributed by atoms with Gasteiger partial charge < -0.3 is 14.4 Å². The first kappa shape index (κ1) is 19.5. The number of hydrogen-bond acceptors (Lipinski definition) is 6. The molecule has 0 bridgehead atoms. The summed E-state index contributed by atoms with van der Waals surface area (Å²) in [5, 5.41) is 7.76. The van der Waals surface area contributed by atoms with Crippen molar-refractivity contribution in [3.63, 3.8) is 0 Å². The Bertz CT molecular complexity index is 1360. The molecule has 0 saturated heterocycles. The highest BCUT2D eigenvalue weighted by Crippen LogP contribution is 2.38. The number of carbonyl (C=O) groups excluding carboxylic acids is 1. The quantitative estimate of drug-likeness (QED) is 0.513. The summed E-state index contributed by atoms with van der Waals surface area (Å²) in [7, 11) is 0. The van der Waals surface area contributed by atoms with Crippen LogP contribution < -0.4 is 10.9 Å². The van der Waals surface area contributed by atoms with Gasteiger partial charge in [0.25, 0.3) is 5.56 Å². The summed E-state index contributed by atoms with van der Waals surface area (Å²) in [6.07, 6.45) is 3.65. The van der Waals surface area contributed by atoms with Gasteiger partial charge in [-0.3, -0.25) is 14.2 Å². The molecule has 0 aliphatic heterocycles. The van der Waals surface area contributed by atoms with Crippen LogP contribution in [-0.4, -0.2) is 36.2 Å². The van der Waals surface area contributed by atoms with Crippen LogP contribution in [0.3, 0.4) is 0 Å². The first-order chi connectivity index (χ1) is 14.9. The highest BCUT2D eigenvalue weighted by molar-refractivity contribution is 6.06. The second-order valence-corrected chi connectivity index (χ2v) is 8.52. The zero-order valence-corrected chi connectivity index (χ0v) is 17.8. The molecule has 1 amide bonds. The number of carbonyl (C=O) groups is 1. The van der Waals surface area contributed by atoms with E-state index in [4.69, 9.17) is 4.52 Å². The summed E-state index contributed by atoms with van der Waals surface area (Å²) in [6.45, 7) is 5.97. The van der Waals surface area contributed by atoms with Gasteiger partial charge in [0.1, 0.15) is 24.1 Å². The van der Waals surface area contributed by atoms with E-state index in [1.807, 2.05) is 39.0 Å². The molecule has 0 atom stereocenters. The number of hydrogen-bond donors (Lipinski definition) is 1. The highest BCUT2D eigenvalue weighted by atomic mass is 16.5. The van der Waals surface area contributed by atoms with Crippen molar-refractivity contribution in [1.29, 1.82) is 0 Å². The molecule has 160 valence electrons. The molecule has 3 aromatic heterocycles. The molecule has 1 aliphatic rings. The van der Waals surface area contributed by atoms with E-state index in [2.05, 4.69) is 20.4 Å². The molecular formula is C22H24N6O3. The van der Waals surface area contributed by atoms with Crippen molar-refractivity contribution in [3.8, 4) is 0 Å². The third-order valence-electron chi connectivity index (χ3n) is 5.47. The fraction of sp³-hybridized carbons (Fsp3) is 0.409. The average Bonchev–Trinajstić information content (AvgIpc) is 3.38. The minimum absolute atomic E-state index is 0.0100. The van der Waals surface area contributed by atoms with Crippen LogP contribution in [-0.2, 0) is 17.9 Å². The molecule has 0 unspecified atom stereocenters. The van der Waals surface area contributed by atoms with Gasteiger partial charge in [0.15, 0.2) is 5.82 Å². The molecule has 0 radical (unpaired) electrons.